The topological polar surface area (TPSA) is 57.8 Å². The van der Waals surface area contributed by atoms with Crippen LogP contribution in [-0.2, 0) is 0 Å². The van der Waals surface area contributed by atoms with Gasteiger partial charge in [0, 0.05) is 24.2 Å². The number of hydrogen-bond acceptors (Lipinski definition) is 3. The molecule has 0 amide bonds. The number of aromatic amines is 1. The van der Waals surface area contributed by atoms with Crippen LogP contribution in [0, 0.1) is 6.92 Å². The molecule has 1 atom stereocenters. The van der Waals surface area contributed by atoms with Gasteiger partial charge in [-0.15, -0.1) is 0 Å². The molecule has 0 aromatic carbocycles. The van der Waals surface area contributed by atoms with Crippen LogP contribution >= 0.6 is 0 Å². The molecule has 0 bridgehead atoms. The molecule has 1 aromatic heterocycles. The second kappa shape index (κ2) is 3.30. The molecule has 1 aromatic rings. The van der Waals surface area contributed by atoms with Gasteiger partial charge in [0.25, 0.3) is 5.56 Å². The van der Waals surface area contributed by atoms with Crippen molar-refractivity contribution in [1.82, 2.24) is 15.3 Å². The average molecular weight is 179 g/mol. The summed E-state index contributed by atoms with van der Waals surface area (Å²) < 4.78 is 0. The number of aryl methyl sites for hydroxylation is 1. The van der Waals surface area contributed by atoms with Crippen LogP contribution in [-0.4, -0.2) is 23.1 Å². The summed E-state index contributed by atoms with van der Waals surface area (Å²) in [5.41, 5.74) is 0.659. The number of rotatable bonds is 1. The Labute approximate surface area is 76.4 Å². The summed E-state index contributed by atoms with van der Waals surface area (Å²) in [4.78, 5) is 18.3. The summed E-state index contributed by atoms with van der Waals surface area (Å²) in [6, 6.07) is 0. The zero-order valence-corrected chi connectivity index (χ0v) is 7.63. The summed E-state index contributed by atoms with van der Waals surface area (Å²) in [6.07, 6.45) is 2.71. The first-order chi connectivity index (χ1) is 6.27. The van der Waals surface area contributed by atoms with Crippen molar-refractivity contribution in [1.29, 1.82) is 0 Å². The summed E-state index contributed by atoms with van der Waals surface area (Å²) in [6.45, 7) is 3.71. The molecule has 1 aliphatic rings. The molecule has 2 N–H and O–H groups in total. The number of aromatic nitrogens is 2. The fourth-order valence-corrected chi connectivity index (χ4v) is 1.57. The highest BCUT2D eigenvalue weighted by Gasteiger charge is 2.18. The predicted molar refractivity (Wildman–Crippen MR) is 49.8 cm³/mol. The van der Waals surface area contributed by atoms with Crippen molar-refractivity contribution < 1.29 is 0 Å². The lowest BCUT2D eigenvalue weighted by Gasteiger charge is -2.06. The highest BCUT2D eigenvalue weighted by atomic mass is 16.1. The van der Waals surface area contributed by atoms with E-state index in [-0.39, 0.29) is 5.56 Å². The van der Waals surface area contributed by atoms with Crippen molar-refractivity contribution >= 4 is 0 Å². The van der Waals surface area contributed by atoms with E-state index in [4.69, 9.17) is 0 Å². The van der Waals surface area contributed by atoms with Gasteiger partial charge in [-0.3, -0.25) is 4.79 Å². The summed E-state index contributed by atoms with van der Waals surface area (Å²) in [5.74, 6) is 1.20. The molecule has 70 valence electrons. The molecule has 1 aliphatic heterocycles. The second-order valence-corrected chi connectivity index (χ2v) is 3.47. The van der Waals surface area contributed by atoms with E-state index in [9.17, 15) is 4.79 Å². The van der Waals surface area contributed by atoms with Crippen LogP contribution in [0.2, 0.25) is 0 Å². The third kappa shape index (κ3) is 1.62. The summed E-state index contributed by atoms with van der Waals surface area (Å²) in [7, 11) is 0. The zero-order valence-electron chi connectivity index (χ0n) is 7.63. The van der Waals surface area contributed by atoms with Gasteiger partial charge in [0.2, 0.25) is 0 Å². The molecule has 4 nitrogen and oxygen atoms in total. The minimum absolute atomic E-state index is 0.0168. The molecule has 0 aliphatic carbocycles. The first-order valence-corrected chi connectivity index (χ1v) is 4.54. The number of H-pyrrole nitrogens is 1. The van der Waals surface area contributed by atoms with Gasteiger partial charge in [-0.05, 0) is 19.9 Å². The van der Waals surface area contributed by atoms with E-state index in [1.807, 2.05) is 0 Å². The van der Waals surface area contributed by atoms with Gasteiger partial charge in [0.1, 0.15) is 5.82 Å². The Morgan fingerprint density at radius 3 is 3.08 bits per heavy atom. The van der Waals surface area contributed by atoms with Crippen LogP contribution in [0.15, 0.2) is 11.0 Å². The Morgan fingerprint density at radius 2 is 2.46 bits per heavy atom. The largest absolute Gasteiger partial charge is 0.316 e. The molecule has 2 rings (SSSR count). The lowest BCUT2D eigenvalue weighted by molar-refractivity contribution is 0.694. The third-order valence-electron chi connectivity index (χ3n) is 2.44. The third-order valence-corrected chi connectivity index (χ3v) is 2.44. The normalized spacial score (nSPS) is 22.1. The van der Waals surface area contributed by atoms with Crippen LogP contribution in [0.25, 0.3) is 0 Å². The van der Waals surface area contributed by atoms with Gasteiger partial charge in [-0.25, -0.2) is 4.98 Å². The van der Waals surface area contributed by atoms with Crippen molar-refractivity contribution in [3.05, 3.63) is 27.9 Å². The van der Waals surface area contributed by atoms with E-state index in [0.29, 0.717) is 11.5 Å². The Balaban J connectivity index is 2.30. The molecular formula is C9H13N3O. The van der Waals surface area contributed by atoms with Gasteiger partial charge >= 0.3 is 0 Å². The standard InChI is InChI=1S/C9H13N3O/c1-6-4-11-8(12-9(6)13)7-2-3-10-5-7/h4,7,10H,2-3,5H2,1H3,(H,11,12,13). The van der Waals surface area contributed by atoms with Gasteiger partial charge in [-0.2, -0.15) is 0 Å². The van der Waals surface area contributed by atoms with E-state index in [0.717, 1.165) is 25.3 Å². The molecule has 0 radical (unpaired) electrons. The van der Waals surface area contributed by atoms with Crippen LogP contribution in [0.4, 0.5) is 0 Å². The quantitative estimate of drug-likeness (QED) is 0.645. The first-order valence-electron chi connectivity index (χ1n) is 4.54. The van der Waals surface area contributed by atoms with Gasteiger partial charge in [0.05, 0.1) is 0 Å². The molecule has 0 spiro atoms. The van der Waals surface area contributed by atoms with E-state index < -0.39 is 0 Å². The lowest BCUT2D eigenvalue weighted by Crippen LogP contribution is -2.17. The highest BCUT2D eigenvalue weighted by molar-refractivity contribution is 5.07. The zero-order chi connectivity index (χ0) is 9.26. The highest BCUT2D eigenvalue weighted by Crippen LogP contribution is 2.16. The van der Waals surface area contributed by atoms with Crippen molar-refractivity contribution in [2.45, 2.75) is 19.3 Å². The number of nitrogens with one attached hydrogen (secondary N) is 2. The molecule has 1 saturated heterocycles. The minimum atomic E-state index is -0.0168. The molecule has 1 unspecified atom stereocenters. The maximum absolute atomic E-state index is 11.3. The molecular weight excluding hydrogens is 166 g/mol. The average Bonchev–Trinajstić information content (AvgIpc) is 2.62. The predicted octanol–water partition coefficient (Wildman–Crippen LogP) is 0.155. The molecule has 13 heavy (non-hydrogen) atoms. The molecule has 4 heteroatoms. The van der Waals surface area contributed by atoms with Crippen molar-refractivity contribution in [2.75, 3.05) is 13.1 Å². The van der Waals surface area contributed by atoms with Crippen LogP contribution < -0.4 is 10.9 Å². The summed E-state index contributed by atoms with van der Waals surface area (Å²) in [5, 5.41) is 3.24. The van der Waals surface area contributed by atoms with Crippen LogP contribution in [0.3, 0.4) is 0 Å². The first kappa shape index (κ1) is 8.44. The van der Waals surface area contributed by atoms with E-state index in [1.54, 1.807) is 13.1 Å². The van der Waals surface area contributed by atoms with Crippen molar-refractivity contribution in [3.8, 4) is 0 Å². The maximum atomic E-state index is 11.3. The Hall–Kier alpha value is -1.16. The Kier molecular flexibility index (Phi) is 2.14. The SMILES string of the molecule is Cc1cnc(C2CCNC2)[nH]c1=O. The monoisotopic (exact) mass is 179 g/mol. The molecule has 0 saturated carbocycles. The Bertz CT molecular complexity index is 352. The van der Waals surface area contributed by atoms with Crippen LogP contribution in [0.1, 0.15) is 23.7 Å². The fourth-order valence-electron chi connectivity index (χ4n) is 1.57. The molecule has 2 heterocycles. The van der Waals surface area contributed by atoms with Crippen molar-refractivity contribution in [3.63, 3.8) is 0 Å². The maximum Gasteiger partial charge on any atom is 0.253 e. The lowest BCUT2D eigenvalue weighted by atomic mass is 10.1. The van der Waals surface area contributed by atoms with E-state index >= 15 is 0 Å². The smallest absolute Gasteiger partial charge is 0.253 e. The van der Waals surface area contributed by atoms with Gasteiger partial charge in [0.15, 0.2) is 0 Å². The molecule has 1 fully saturated rings. The van der Waals surface area contributed by atoms with Gasteiger partial charge < -0.3 is 10.3 Å². The van der Waals surface area contributed by atoms with Gasteiger partial charge in [-0.1, -0.05) is 0 Å². The van der Waals surface area contributed by atoms with Crippen molar-refractivity contribution in [2.24, 2.45) is 0 Å². The number of hydrogen-bond donors (Lipinski definition) is 2. The Morgan fingerprint density at radius 1 is 1.62 bits per heavy atom. The van der Waals surface area contributed by atoms with Crippen LogP contribution in [0.5, 0.6) is 0 Å². The van der Waals surface area contributed by atoms with E-state index in [1.165, 1.54) is 0 Å². The summed E-state index contributed by atoms with van der Waals surface area (Å²) >= 11 is 0. The second-order valence-electron chi connectivity index (χ2n) is 3.47. The van der Waals surface area contributed by atoms with E-state index in [2.05, 4.69) is 15.3 Å². The fraction of sp³-hybridized carbons (Fsp3) is 0.556. The minimum Gasteiger partial charge on any atom is -0.316 e. The number of nitrogens with zero attached hydrogens (tertiary/aromatic N) is 1.